The molecule has 0 fully saturated rings. The van der Waals surface area contributed by atoms with Crippen LogP contribution in [0.5, 0.6) is 11.5 Å². The lowest BCUT2D eigenvalue weighted by Gasteiger charge is -2.07. The van der Waals surface area contributed by atoms with Crippen molar-refractivity contribution >= 4 is 29.1 Å². The van der Waals surface area contributed by atoms with Gasteiger partial charge in [-0.1, -0.05) is 6.07 Å². The highest BCUT2D eigenvalue weighted by molar-refractivity contribution is 7.12. The van der Waals surface area contributed by atoms with Gasteiger partial charge in [0.05, 0.1) is 12.0 Å². The molecule has 23 heavy (non-hydrogen) atoms. The Hall–Kier alpha value is -2.87. The normalized spacial score (nSPS) is 9.96. The van der Waals surface area contributed by atoms with Crippen molar-refractivity contribution in [3.05, 3.63) is 46.2 Å². The van der Waals surface area contributed by atoms with Crippen LogP contribution in [0.1, 0.15) is 20.0 Å². The molecule has 0 bridgehead atoms. The summed E-state index contributed by atoms with van der Waals surface area (Å²) in [7, 11) is 1.42. The third-order valence-corrected chi connectivity index (χ3v) is 3.63. The van der Waals surface area contributed by atoms with Gasteiger partial charge in [-0.05, 0) is 23.6 Å². The molecule has 2 amide bonds. The molecule has 0 aliphatic heterocycles. The van der Waals surface area contributed by atoms with Crippen LogP contribution in [0.2, 0.25) is 0 Å². The summed E-state index contributed by atoms with van der Waals surface area (Å²) in [5.41, 5.74) is -0.108. The SMILES string of the molecule is COc1ccc(C(=O)OCC(=O)NC(=O)c2cccs2)c(O)c1. The number of carbonyl (C=O) groups is 3. The van der Waals surface area contributed by atoms with Gasteiger partial charge in [0.1, 0.15) is 17.1 Å². The summed E-state index contributed by atoms with van der Waals surface area (Å²) >= 11 is 1.18. The van der Waals surface area contributed by atoms with Crippen molar-refractivity contribution < 1.29 is 29.0 Å². The maximum Gasteiger partial charge on any atom is 0.342 e. The zero-order valence-corrected chi connectivity index (χ0v) is 12.9. The van der Waals surface area contributed by atoms with E-state index in [1.54, 1.807) is 17.5 Å². The Balaban J connectivity index is 1.89. The quantitative estimate of drug-likeness (QED) is 0.804. The molecular weight excluding hydrogens is 322 g/mol. The van der Waals surface area contributed by atoms with Gasteiger partial charge < -0.3 is 14.6 Å². The van der Waals surface area contributed by atoms with Crippen LogP contribution in [-0.2, 0) is 9.53 Å². The summed E-state index contributed by atoms with van der Waals surface area (Å²) in [6, 6.07) is 7.27. The first kappa shape index (κ1) is 16.5. The Bertz CT molecular complexity index is 726. The van der Waals surface area contributed by atoms with Crippen molar-refractivity contribution in [2.24, 2.45) is 0 Å². The number of phenolic OH excluding ortho intramolecular Hbond substituents is 1. The third kappa shape index (κ3) is 4.30. The zero-order valence-electron chi connectivity index (χ0n) is 12.1. The monoisotopic (exact) mass is 335 g/mol. The van der Waals surface area contributed by atoms with E-state index in [1.807, 2.05) is 0 Å². The second kappa shape index (κ2) is 7.41. The molecule has 8 heteroatoms. The van der Waals surface area contributed by atoms with Gasteiger partial charge >= 0.3 is 5.97 Å². The van der Waals surface area contributed by atoms with Gasteiger partial charge in [-0.15, -0.1) is 11.3 Å². The Morgan fingerprint density at radius 3 is 2.65 bits per heavy atom. The van der Waals surface area contributed by atoms with Crippen molar-refractivity contribution in [1.29, 1.82) is 0 Å². The molecule has 0 saturated carbocycles. The van der Waals surface area contributed by atoms with E-state index >= 15 is 0 Å². The van der Waals surface area contributed by atoms with E-state index in [0.717, 1.165) is 0 Å². The Morgan fingerprint density at radius 1 is 1.26 bits per heavy atom. The average molecular weight is 335 g/mol. The second-order valence-electron chi connectivity index (χ2n) is 4.31. The van der Waals surface area contributed by atoms with Crippen molar-refractivity contribution in [2.75, 3.05) is 13.7 Å². The molecule has 0 aliphatic rings. The minimum atomic E-state index is -0.885. The van der Waals surface area contributed by atoms with Crippen LogP contribution in [-0.4, -0.2) is 36.6 Å². The molecule has 1 aromatic heterocycles. The van der Waals surface area contributed by atoms with Crippen LogP contribution in [0.4, 0.5) is 0 Å². The average Bonchev–Trinajstić information content (AvgIpc) is 3.07. The van der Waals surface area contributed by atoms with Crippen LogP contribution in [0.25, 0.3) is 0 Å². The fraction of sp³-hybridized carbons (Fsp3) is 0.133. The van der Waals surface area contributed by atoms with Crippen LogP contribution in [0, 0.1) is 0 Å². The molecule has 2 rings (SSSR count). The number of phenols is 1. The van der Waals surface area contributed by atoms with Gasteiger partial charge in [0.25, 0.3) is 11.8 Å². The topological polar surface area (TPSA) is 102 Å². The number of thiophene rings is 1. The number of rotatable bonds is 5. The van der Waals surface area contributed by atoms with Crippen LogP contribution in [0.3, 0.4) is 0 Å². The lowest BCUT2D eigenvalue weighted by molar-refractivity contribution is -0.123. The van der Waals surface area contributed by atoms with E-state index in [0.29, 0.717) is 10.6 Å². The number of hydrogen-bond acceptors (Lipinski definition) is 7. The molecule has 1 heterocycles. The molecule has 7 nitrogen and oxygen atoms in total. The van der Waals surface area contributed by atoms with Crippen molar-refractivity contribution in [3.8, 4) is 11.5 Å². The van der Waals surface area contributed by atoms with Gasteiger partial charge in [-0.3, -0.25) is 14.9 Å². The summed E-state index contributed by atoms with van der Waals surface area (Å²) in [6.45, 7) is -0.637. The summed E-state index contributed by atoms with van der Waals surface area (Å²) < 4.78 is 9.66. The molecule has 2 aromatic rings. The summed E-state index contributed by atoms with van der Waals surface area (Å²) in [5.74, 6) is -2.16. The molecular formula is C15H13NO6S. The first-order valence-corrected chi connectivity index (χ1v) is 7.31. The highest BCUT2D eigenvalue weighted by Gasteiger charge is 2.17. The Labute approximate surface area is 135 Å². The molecule has 2 N–H and O–H groups in total. The highest BCUT2D eigenvalue weighted by Crippen LogP contribution is 2.23. The number of imide groups is 1. The van der Waals surface area contributed by atoms with E-state index in [1.165, 1.54) is 36.6 Å². The Kier molecular flexibility index (Phi) is 5.32. The van der Waals surface area contributed by atoms with Crippen molar-refractivity contribution in [2.45, 2.75) is 0 Å². The molecule has 0 aliphatic carbocycles. The predicted molar refractivity (Wildman–Crippen MR) is 81.7 cm³/mol. The van der Waals surface area contributed by atoms with Gasteiger partial charge in [-0.25, -0.2) is 4.79 Å². The number of ether oxygens (including phenoxy) is 2. The molecule has 0 spiro atoms. The molecule has 0 radical (unpaired) electrons. The number of nitrogens with one attached hydrogen (secondary N) is 1. The minimum absolute atomic E-state index is 0.108. The number of methoxy groups -OCH3 is 1. The molecule has 0 atom stereocenters. The maximum atomic E-state index is 11.8. The molecule has 0 saturated heterocycles. The second-order valence-corrected chi connectivity index (χ2v) is 5.26. The Morgan fingerprint density at radius 2 is 2.04 bits per heavy atom. The van der Waals surface area contributed by atoms with Gasteiger partial charge in [0, 0.05) is 6.07 Å². The number of hydrogen-bond donors (Lipinski definition) is 2. The highest BCUT2D eigenvalue weighted by atomic mass is 32.1. The van der Waals surface area contributed by atoms with Gasteiger partial charge in [-0.2, -0.15) is 0 Å². The smallest absolute Gasteiger partial charge is 0.342 e. The number of benzene rings is 1. The first-order valence-electron chi connectivity index (χ1n) is 6.43. The standard InChI is InChI=1S/C15H13NO6S/c1-21-9-4-5-10(11(17)7-9)15(20)22-8-13(18)16-14(19)12-3-2-6-23-12/h2-7,17H,8H2,1H3,(H,16,18,19). The first-order chi connectivity index (χ1) is 11.0. The predicted octanol–water partition coefficient (Wildman–Crippen LogP) is 1.58. The number of aromatic hydroxyl groups is 1. The number of amides is 2. The fourth-order valence-electron chi connectivity index (χ4n) is 1.65. The third-order valence-electron chi connectivity index (χ3n) is 2.76. The van der Waals surface area contributed by atoms with E-state index in [9.17, 15) is 19.5 Å². The van der Waals surface area contributed by atoms with Crippen LogP contribution < -0.4 is 10.1 Å². The zero-order chi connectivity index (χ0) is 16.8. The van der Waals surface area contributed by atoms with Gasteiger partial charge in [0.2, 0.25) is 0 Å². The lowest BCUT2D eigenvalue weighted by atomic mass is 10.2. The van der Waals surface area contributed by atoms with Crippen LogP contribution in [0.15, 0.2) is 35.7 Å². The van der Waals surface area contributed by atoms with Crippen molar-refractivity contribution in [1.82, 2.24) is 5.32 Å². The summed E-state index contributed by atoms with van der Waals surface area (Å²) in [4.78, 5) is 35.4. The van der Waals surface area contributed by atoms with E-state index in [-0.39, 0.29) is 11.3 Å². The number of carbonyl (C=O) groups excluding carboxylic acids is 3. The number of esters is 1. The summed E-state index contributed by atoms with van der Waals surface area (Å²) in [6.07, 6.45) is 0. The largest absolute Gasteiger partial charge is 0.507 e. The van der Waals surface area contributed by atoms with Crippen LogP contribution >= 0.6 is 11.3 Å². The fourth-order valence-corrected chi connectivity index (χ4v) is 2.27. The van der Waals surface area contributed by atoms with E-state index in [4.69, 9.17) is 9.47 Å². The van der Waals surface area contributed by atoms with Crippen molar-refractivity contribution in [3.63, 3.8) is 0 Å². The lowest BCUT2D eigenvalue weighted by Crippen LogP contribution is -2.33. The van der Waals surface area contributed by atoms with E-state index in [2.05, 4.69) is 5.32 Å². The summed E-state index contributed by atoms with van der Waals surface area (Å²) in [5, 5.41) is 13.5. The van der Waals surface area contributed by atoms with Gasteiger partial charge in [0.15, 0.2) is 6.61 Å². The van der Waals surface area contributed by atoms with E-state index < -0.39 is 24.4 Å². The molecule has 0 unspecified atom stereocenters. The minimum Gasteiger partial charge on any atom is -0.507 e. The molecule has 120 valence electrons. The maximum absolute atomic E-state index is 11.8. The molecule has 1 aromatic carbocycles.